The van der Waals surface area contributed by atoms with Gasteiger partial charge in [-0.3, -0.25) is 14.5 Å². The van der Waals surface area contributed by atoms with Gasteiger partial charge >= 0.3 is 18.0 Å². The van der Waals surface area contributed by atoms with Crippen molar-refractivity contribution < 1.29 is 57.1 Å². The Bertz CT molecular complexity index is 1520. The Labute approximate surface area is 338 Å². The van der Waals surface area contributed by atoms with E-state index in [2.05, 4.69) is 19.2 Å². The number of nitrogens with one attached hydrogen (secondary N) is 1. The molecule has 1 heterocycles. The van der Waals surface area contributed by atoms with E-state index in [0.29, 0.717) is 44.0 Å². The lowest BCUT2D eigenvalue weighted by molar-refractivity contribution is -0.161. The molecule has 1 fully saturated rings. The fourth-order valence-electron chi connectivity index (χ4n) is 6.19. The summed E-state index contributed by atoms with van der Waals surface area (Å²) in [6, 6.07) is 5.31. The number of hydrogen-bond acceptors (Lipinski definition) is 12. The topological polar surface area (TPSA) is 191 Å². The summed E-state index contributed by atoms with van der Waals surface area (Å²) >= 11 is 0. The smallest absolute Gasteiger partial charge is 0.415 e. The Morgan fingerprint density at radius 2 is 1.58 bits per heavy atom. The van der Waals surface area contributed by atoms with Crippen LogP contribution < -0.4 is 20.5 Å². The highest BCUT2D eigenvalue weighted by atomic mass is 16.7. The normalized spacial score (nSPS) is 17.6. The molecule has 0 spiro atoms. The van der Waals surface area contributed by atoms with Crippen molar-refractivity contribution in [2.75, 3.05) is 40.7 Å². The quantitative estimate of drug-likeness (QED) is 0.0644. The van der Waals surface area contributed by atoms with E-state index in [-0.39, 0.29) is 43.4 Å². The Kier molecular flexibility index (Phi) is 19.3. The lowest BCUT2D eigenvalue weighted by atomic mass is 9.80. The van der Waals surface area contributed by atoms with E-state index in [9.17, 15) is 24.0 Å². The second-order valence-corrected chi connectivity index (χ2v) is 16.8. The molecule has 1 saturated heterocycles. The average Bonchev–Trinajstić information content (AvgIpc) is 3.51. The first-order valence-corrected chi connectivity index (χ1v) is 19.6. The molecular weight excluding hydrogens is 738 g/mol. The maximum Gasteiger partial charge on any atom is 0.415 e. The van der Waals surface area contributed by atoms with E-state index in [0.717, 1.165) is 17.7 Å². The summed E-state index contributed by atoms with van der Waals surface area (Å²) < 4.78 is 39.0. The van der Waals surface area contributed by atoms with Crippen molar-refractivity contribution in [3.63, 3.8) is 0 Å². The number of esters is 2. The number of benzene rings is 1. The molecule has 1 aromatic carbocycles. The molecule has 0 aliphatic carbocycles. The van der Waals surface area contributed by atoms with Crippen LogP contribution in [0.3, 0.4) is 0 Å². The van der Waals surface area contributed by atoms with E-state index in [4.69, 9.17) is 38.9 Å². The summed E-state index contributed by atoms with van der Waals surface area (Å²) in [6.45, 7) is 18.9. The zero-order valence-electron chi connectivity index (χ0n) is 36.0. The molecule has 1 aliphatic rings. The van der Waals surface area contributed by atoms with Crippen LogP contribution in [-0.2, 0) is 49.3 Å². The number of nitrogens with zero attached hydrogens (tertiary/aromatic N) is 1. The molecule has 0 bridgehead atoms. The summed E-state index contributed by atoms with van der Waals surface area (Å²) in [5.41, 5.74) is 4.87. The van der Waals surface area contributed by atoms with Crippen LogP contribution in [-0.4, -0.2) is 99.5 Å². The maximum atomic E-state index is 13.8. The number of carbonyl (C=O) groups is 5. The van der Waals surface area contributed by atoms with Crippen LogP contribution >= 0.6 is 0 Å². The minimum atomic E-state index is -1.31. The Balaban J connectivity index is 2.37. The number of carbonyl (C=O) groups excluding carboxylic acids is 5. The molecule has 15 heteroatoms. The van der Waals surface area contributed by atoms with Gasteiger partial charge in [-0.15, -0.1) is 0 Å². The summed E-state index contributed by atoms with van der Waals surface area (Å²) in [4.78, 5) is 65.3. The third kappa shape index (κ3) is 16.6. The minimum Gasteiger partial charge on any atom is -0.493 e. The lowest BCUT2D eigenvalue weighted by Crippen LogP contribution is -2.47. The first-order chi connectivity index (χ1) is 26.6. The van der Waals surface area contributed by atoms with Crippen molar-refractivity contribution in [2.24, 2.45) is 34.8 Å². The lowest BCUT2D eigenvalue weighted by Gasteiger charge is -2.33. The fraction of sp³-hybridized carbons (Fsp3) is 0.690. The zero-order valence-corrected chi connectivity index (χ0v) is 36.0. The zero-order chi connectivity index (χ0) is 43.1. The molecule has 57 heavy (non-hydrogen) atoms. The van der Waals surface area contributed by atoms with E-state index in [1.807, 2.05) is 32.0 Å². The van der Waals surface area contributed by atoms with Gasteiger partial charge in [-0.1, -0.05) is 33.8 Å². The highest BCUT2D eigenvalue weighted by molar-refractivity contribution is 5.92. The van der Waals surface area contributed by atoms with Gasteiger partial charge in [0.2, 0.25) is 18.1 Å². The largest absolute Gasteiger partial charge is 0.493 e. The van der Waals surface area contributed by atoms with Crippen LogP contribution in [0.4, 0.5) is 4.79 Å². The standard InChI is InChI=1S/C42H67N3O12/c1-26(2)30(20-29-14-15-33(52-12)35(21-29)53-19-13-18-51-11)22-32-34(23-31(27(3)4)38(48)44-24-42(9,10)39(43)49)54-25-45(32)40(50)56-28(5)55-36(46)16-17-37(47)57-41(6,7)8/h14-17,21,26-28,30-32,34H,13,18-20,22-25H2,1-12H3,(H2,43,49)(H,44,48)/t28?,30-,31-,32-,34-/m0/s1. The first kappa shape index (κ1) is 48.8. The molecule has 3 N–H and O–H groups in total. The van der Waals surface area contributed by atoms with Crippen molar-refractivity contribution in [3.05, 3.63) is 35.9 Å². The third-order valence-electron chi connectivity index (χ3n) is 9.77. The predicted molar refractivity (Wildman–Crippen MR) is 213 cm³/mol. The summed E-state index contributed by atoms with van der Waals surface area (Å²) in [7, 11) is 3.23. The molecule has 15 nitrogen and oxygen atoms in total. The maximum absolute atomic E-state index is 13.8. The van der Waals surface area contributed by atoms with Crippen LogP contribution in [0.5, 0.6) is 11.5 Å². The van der Waals surface area contributed by atoms with Crippen LogP contribution in [0.2, 0.25) is 0 Å². The van der Waals surface area contributed by atoms with Crippen LogP contribution in [0, 0.1) is 29.1 Å². The number of ether oxygens (including phenoxy) is 7. The Morgan fingerprint density at radius 1 is 0.912 bits per heavy atom. The SMILES string of the molecule is COCCCOc1cc(C[C@@H](C[C@H]2[C@H](C[C@H](C(=O)NCC(C)(C)C(N)=O)C(C)C)OCN2C(=O)OC(C)OC(=O)C=CC(=O)OC(C)(C)C)C(C)C)ccc1OC. The minimum absolute atomic E-state index is 0.0279. The van der Waals surface area contributed by atoms with Crippen LogP contribution in [0.15, 0.2) is 30.4 Å². The Morgan fingerprint density at radius 3 is 2.16 bits per heavy atom. The number of primary amides is 1. The van der Waals surface area contributed by atoms with Crippen LogP contribution in [0.1, 0.15) is 94.1 Å². The third-order valence-corrected chi connectivity index (χ3v) is 9.77. The van der Waals surface area contributed by atoms with Gasteiger partial charge in [0.25, 0.3) is 0 Å². The number of methoxy groups -OCH3 is 2. The second-order valence-electron chi connectivity index (χ2n) is 16.8. The molecule has 2 rings (SSSR count). The molecule has 1 unspecified atom stereocenters. The van der Waals surface area contributed by atoms with Gasteiger partial charge in [0.15, 0.2) is 11.5 Å². The molecule has 1 aromatic rings. The van der Waals surface area contributed by atoms with E-state index >= 15 is 0 Å². The predicted octanol–water partition coefficient (Wildman–Crippen LogP) is 5.56. The van der Waals surface area contributed by atoms with Crippen molar-refractivity contribution in [2.45, 2.75) is 119 Å². The Hall–Kier alpha value is -4.37. The molecule has 5 atom stereocenters. The molecule has 1 aliphatic heterocycles. The van der Waals surface area contributed by atoms with Crippen molar-refractivity contribution in [1.29, 1.82) is 0 Å². The van der Waals surface area contributed by atoms with Crippen molar-refractivity contribution in [3.8, 4) is 11.5 Å². The van der Waals surface area contributed by atoms with Gasteiger partial charge in [0.1, 0.15) is 12.3 Å². The van der Waals surface area contributed by atoms with E-state index in [1.165, 1.54) is 11.8 Å². The van der Waals surface area contributed by atoms with Crippen molar-refractivity contribution in [1.82, 2.24) is 10.2 Å². The van der Waals surface area contributed by atoms with Gasteiger partial charge in [-0.25, -0.2) is 14.4 Å². The summed E-state index contributed by atoms with van der Waals surface area (Å²) in [5, 5.41) is 2.90. The number of rotatable bonds is 22. The van der Waals surface area contributed by atoms with Crippen LogP contribution in [0.25, 0.3) is 0 Å². The molecule has 0 saturated carbocycles. The summed E-state index contributed by atoms with van der Waals surface area (Å²) in [6.07, 6.45) is 1.32. The first-order valence-electron chi connectivity index (χ1n) is 19.6. The fourth-order valence-corrected chi connectivity index (χ4v) is 6.19. The molecule has 3 amide bonds. The molecular formula is C42H67N3O12. The van der Waals surface area contributed by atoms with E-state index < -0.39 is 59.3 Å². The van der Waals surface area contributed by atoms with E-state index in [1.54, 1.807) is 48.8 Å². The van der Waals surface area contributed by atoms with Gasteiger partial charge in [-0.2, -0.15) is 0 Å². The highest BCUT2D eigenvalue weighted by Crippen LogP contribution is 2.36. The summed E-state index contributed by atoms with van der Waals surface area (Å²) in [5.74, 6) is -1.62. The number of amides is 3. The van der Waals surface area contributed by atoms with Gasteiger partial charge in [-0.05, 0) is 89.3 Å². The van der Waals surface area contributed by atoms with Gasteiger partial charge in [0.05, 0.1) is 31.3 Å². The van der Waals surface area contributed by atoms with Gasteiger partial charge < -0.3 is 44.2 Å². The molecule has 0 radical (unpaired) electrons. The second kappa shape index (κ2) is 22.5. The number of nitrogens with two attached hydrogens (primary N) is 1. The van der Waals surface area contributed by atoms with Gasteiger partial charge in [0, 0.05) is 51.7 Å². The number of hydrogen-bond donors (Lipinski definition) is 2. The van der Waals surface area contributed by atoms with Crippen molar-refractivity contribution >= 4 is 29.8 Å². The monoisotopic (exact) mass is 805 g/mol. The molecule has 322 valence electrons. The average molecular weight is 806 g/mol. The highest BCUT2D eigenvalue weighted by Gasteiger charge is 2.43. The molecule has 0 aromatic heterocycles.